The zero-order chi connectivity index (χ0) is 19.1. The van der Waals surface area contributed by atoms with Gasteiger partial charge in [-0.25, -0.2) is 0 Å². The molecule has 1 aromatic carbocycles. The molecule has 0 saturated carbocycles. The molecule has 1 fully saturated rings. The zero-order valence-corrected chi connectivity index (χ0v) is 17.7. The van der Waals surface area contributed by atoms with Gasteiger partial charge in [0.2, 0.25) is 0 Å². The third-order valence-corrected chi connectivity index (χ3v) is 5.10. The van der Waals surface area contributed by atoms with Crippen molar-refractivity contribution in [1.29, 1.82) is 0 Å². The first-order valence-electron chi connectivity index (χ1n) is 7.95. The molecule has 0 radical (unpaired) electrons. The number of imide groups is 1. The summed E-state index contributed by atoms with van der Waals surface area (Å²) in [5.74, 6) is -0.284. The fraction of sp³-hybridized carbons (Fsp3) is 0.353. The van der Waals surface area contributed by atoms with Gasteiger partial charge in [-0.05, 0) is 54.7 Å². The van der Waals surface area contributed by atoms with Gasteiger partial charge in [0, 0.05) is 30.7 Å². The summed E-state index contributed by atoms with van der Waals surface area (Å²) >= 11 is 9.52. The van der Waals surface area contributed by atoms with Gasteiger partial charge in [0.15, 0.2) is 5.11 Å². The number of rotatable bonds is 7. The molecular formula is C17H20BrN3O3S2. The van der Waals surface area contributed by atoms with E-state index < -0.39 is 0 Å². The van der Waals surface area contributed by atoms with E-state index in [-0.39, 0.29) is 23.7 Å². The number of hydrogen-bond donors (Lipinski definition) is 2. The molecular weight excluding hydrogens is 438 g/mol. The van der Waals surface area contributed by atoms with Gasteiger partial charge in [0.25, 0.3) is 11.1 Å². The highest BCUT2D eigenvalue weighted by atomic mass is 79.9. The van der Waals surface area contributed by atoms with Crippen molar-refractivity contribution in [2.75, 3.05) is 26.8 Å². The summed E-state index contributed by atoms with van der Waals surface area (Å²) in [5.41, 5.74) is 0.862. The van der Waals surface area contributed by atoms with Crippen molar-refractivity contribution in [2.45, 2.75) is 13.0 Å². The SMILES string of the molecule is COCC(C)NC(=S)NCCN1C(=O)S/C(=C\c2cccc(Br)c2)C1=O. The van der Waals surface area contributed by atoms with Crippen LogP contribution in [0, 0.1) is 0 Å². The second-order valence-electron chi connectivity index (χ2n) is 5.64. The van der Waals surface area contributed by atoms with Crippen LogP contribution < -0.4 is 10.6 Å². The largest absolute Gasteiger partial charge is 0.383 e. The average Bonchev–Trinajstić information content (AvgIpc) is 2.82. The Kier molecular flexibility index (Phi) is 8.08. The Balaban J connectivity index is 1.88. The number of thiocarbonyl (C=S) groups is 1. The molecule has 1 aliphatic heterocycles. The number of carbonyl (C=O) groups is 2. The molecule has 2 amide bonds. The van der Waals surface area contributed by atoms with Crippen molar-refractivity contribution < 1.29 is 14.3 Å². The zero-order valence-electron chi connectivity index (χ0n) is 14.5. The molecule has 0 aliphatic carbocycles. The lowest BCUT2D eigenvalue weighted by molar-refractivity contribution is -0.122. The van der Waals surface area contributed by atoms with Gasteiger partial charge in [0.05, 0.1) is 11.5 Å². The number of nitrogens with zero attached hydrogens (tertiary/aromatic N) is 1. The van der Waals surface area contributed by atoms with Crippen LogP contribution in [0.2, 0.25) is 0 Å². The van der Waals surface area contributed by atoms with Gasteiger partial charge < -0.3 is 15.4 Å². The third kappa shape index (κ3) is 6.08. The Morgan fingerprint density at radius 1 is 1.46 bits per heavy atom. The normalized spacial score (nSPS) is 16.9. The summed E-state index contributed by atoms with van der Waals surface area (Å²) in [5, 5.41) is 6.25. The maximum Gasteiger partial charge on any atom is 0.293 e. The summed E-state index contributed by atoms with van der Waals surface area (Å²) in [6.07, 6.45) is 1.72. The second-order valence-corrected chi connectivity index (χ2v) is 7.96. The molecule has 6 nitrogen and oxygen atoms in total. The minimum atomic E-state index is -0.284. The number of hydrogen-bond acceptors (Lipinski definition) is 5. The van der Waals surface area contributed by atoms with Crippen LogP contribution in [0.4, 0.5) is 4.79 Å². The molecule has 1 aliphatic rings. The average molecular weight is 458 g/mol. The number of benzene rings is 1. The molecule has 1 unspecified atom stereocenters. The maximum absolute atomic E-state index is 12.5. The van der Waals surface area contributed by atoms with E-state index >= 15 is 0 Å². The van der Waals surface area contributed by atoms with Crippen molar-refractivity contribution in [3.05, 3.63) is 39.2 Å². The van der Waals surface area contributed by atoms with Crippen LogP contribution in [0.15, 0.2) is 33.6 Å². The fourth-order valence-corrected chi connectivity index (χ4v) is 3.87. The quantitative estimate of drug-likeness (QED) is 0.481. The summed E-state index contributed by atoms with van der Waals surface area (Å²) in [4.78, 5) is 26.2. The predicted molar refractivity (Wildman–Crippen MR) is 112 cm³/mol. The van der Waals surface area contributed by atoms with Crippen molar-refractivity contribution in [1.82, 2.24) is 15.5 Å². The van der Waals surface area contributed by atoms with Crippen LogP contribution in [-0.4, -0.2) is 54.0 Å². The van der Waals surface area contributed by atoms with Crippen LogP contribution >= 0.6 is 39.9 Å². The van der Waals surface area contributed by atoms with E-state index in [1.165, 1.54) is 4.90 Å². The highest BCUT2D eigenvalue weighted by Crippen LogP contribution is 2.32. The first-order valence-corrected chi connectivity index (χ1v) is 9.96. The first-order chi connectivity index (χ1) is 12.4. The number of amides is 2. The van der Waals surface area contributed by atoms with Gasteiger partial charge in [-0.1, -0.05) is 28.1 Å². The number of nitrogens with one attached hydrogen (secondary N) is 2. The lowest BCUT2D eigenvalue weighted by Gasteiger charge is -2.17. The lowest BCUT2D eigenvalue weighted by Crippen LogP contribution is -2.45. The van der Waals surface area contributed by atoms with Crippen LogP contribution in [0.5, 0.6) is 0 Å². The van der Waals surface area contributed by atoms with Gasteiger partial charge in [-0.3, -0.25) is 14.5 Å². The molecule has 0 spiro atoms. The Morgan fingerprint density at radius 2 is 2.23 bits per heavy atom. The predicted octanol–water partition coefficient (Wildman–Crippen LogP) is 2.98. The highest BCUT2D eigenvalue weighted by molar-refractivity contribution is 9.10. The van der Waals surface area contributed by atoms with Crippen LogP contribution in [0.3, 0.4) is 0 Å². The molecule has 140 valence electrons. The molecule has 1 saturated heterocycles. The maximum atomic E-state index is 12.5. The number of carbonyl (C=O) groups excluding carboxylic acids is 2. The monoisotopic (exact) mass is 457 g/mol. The van der Waals surface area contributed by atoms with E-state index in [0.717, 1.165) is 21.8 Å². The second kappa shape index (κ2) is 10.1. The number of thioether (sulfide) groups is 1. The minimum absolute atomic E-state index is 0.0744. The van der Waals surface area contributed by atoms with Gasteiger partial charge in [-0.2, -0.15) is 0 Å². The number of ether oxygens (including phenoxy) is 1. The Hall–Kier alpha value is -1.42. The smallest absolute Gasteiger partial charge is 0.293 e. The molecule has 0 aromatic heterocycles. The summed E-state index contributed by atoms with van der Waals surface area (Å²) in [7, 11) is 1.62. The van der Waals surface area contributed by atoms with Crippen LogP contribution in [0.1, 0.15) is 12.5 Å². The third-order valence-electron chi connectivity index (χ3n) is 3.44. The summed E-state index contributed by atoms with van der Waals surface area (Å²) < 4.78 is 5.94. The number of methoxy groups -OCH3 is 1. The van der Waals surface area contributed by atoms with Crippen molar-refractivity contribution in [3.63, 3.8) is 0 Å². The van der Waals surface area contributed by atoms with E-state index in [2.05, 4.69) is 26.6 Å². The topological polar surface area (TPSA) is 70.7 Å². The molecule has 1 atom stereocenters. The molecule has 2 rings (SSSR count). The van der Waals surface area contributed by atoms with Gasteiger partial charge >= 0.3 is 0 Å². The van der Waals surface area contributed by atoms with E-state index in [1.54, 1.807) is 13.2 Å². The van der Waals surface area contributed by atoms with Crippen LogP contribution in [-0.2, 0) is 9.53 Å². The molecule has 1 heterocycles. The Labute approximate surface area is 170 Å². The molecule has 0 bridgehead atoms. The molecule has 1 aromatic rings. The Bertz CT molecular complexity index is 727. The van der Waals surface area contributed by atoms with E-state index in [0.29, 0.717) is 23.2 Å². The van der Waals surface area contributed by atoms with Crippen molar-refractivity contribution in [3.8, 4) is 0 Å². The van der Waals surface area contributed by atoms with Gasteiger partial charge in [0.1, 0.15) is 0 Å². The summed E-state index contributed by atoms with van der Waals surface area (Å²) in [6, 6.07) is 7.62. The molecule has 2 N–H and O–H groups in total. The van der Waals surface area contributed by atoms with Crippen molar-refractivity contribution in [2.24, 2.45) is 0 Å². The lowest BCUT2D eigenvalue weighted by atomic mass is 10.2. The van der Waals surface area contributed by atoms with E-state index in [9.17, 15) is 9.59 Å². The molecule has 26 heavy (non-hydrogen) atoms. The fourth-order valence-electron chi connectivity index (χ4n) is 2.29. The Morgan fingerprint density at radius 3 is 2.92 bits per heavy atom. The standard InChI is InChI=1S/C17H20BrN3O3S2/c1-11(10-24-2)20-16(25)19-6-7-21-15(22)14(26-17(21)23)9-12-4-3-5-13(18)8-12/h3-5,8-9,11H,6-7,10H2,1-2H3,(H2,19,20,25)/b14-9-. The highest BCUT2D eigenvalue weighted by Gasteiger charge is 2.34. The van der Waals surface area contributed by atoms with E-state index in [4.69, 9.17) is 17.0 Å². The minimum Gasteiger partial charge on any atom is -0.383 e. The van der Waals surface area contributed by atoms with Gasteiger partial charge in [-0.15, -0.1) is 0 Å². The molecule has 9 heteroatoms. The summed E-state index contributed by atoms with van der Waals surface area (Å²) in [6.45, 7) is 3.11. The van der Waals surface area contributed by atoms with Crippen LogP contribution in [0.25, 0.3) is 6.08 Å². The number of halogens is 1. The van der Waals surface area contributed by atoms with Crippen molar-refractivity contribution >= 4 is 62.2 Å². The van der Waals surface area contributed by atoms with E-state index in [1.807, 2.05) is 31.2 Å². The first kappa shape index (κ1) is 20.9.